The summed E-state index contributed by atoms with van der Waals surface area (Å²) in [5.74, 6) is 0.448. The number of alkyl halides is 3. The van der Waals surface area contributed by atoms with Crippen LogP contribution in [0.25, 0.3) is 0 Å². The average molecular weight is 263 g/mol. The average Bonchev–Trinajstić information content (AvgIpc) is 2.33. The van der Waals surface area contributed by atoms with Crippen LogP contribution in [0.3, 0.4) is 0 Å². The molecule has 0 saturated heterocycles. The summed E-state index contributed by atoms with van der Waals surface area (Å²) in [6.07, 6.45) is -3.52. The van der Waals surface area contributed by atoms with E-state index in [9.17, 15) is 13.2 Å². The predicted molar refractivity (Wildman–Crippen MR) is 61.2 cm³/mol. The first-order valence-electron chi connectivity index (χ1n) is 5.55. The molecule has 3 nitrogen and oxygen atoms in total. The lowest BCUT2D eigenvalue weighted by Crippen LogP contribution is -2.19. The molecule has 1 rings (SSSR count). The highest BCUT2D eigenvalue weighted by molar-refractivity contribution is 5.28. The molecule has 0 radical (unpaired) electrons. The lowest BCUT2D eigenvalue weighted by Gasteiger charge is -2.11. The van der Waals surface area contributed by atoms with Gasteiger partial charge in [0, 0.05) is 6.04 Å². The molecule has 102 valence electrons. The molecule has 0 heterocycles. The monoisotopic (exact) mass is 263 g/mol. The number of ether oxygens (including phenoxy) is 2. The highest BCUT2D eigenvalue weighted by atomic mass is 19.4. The number of rotatable bonds is 6. The maximum atomic E-state index is 11.8. The molecule has 0 saturated carbocycles. The SMILES string of the molecule is CC[C@H](N)c1ccc(OCOCC(F)(F)F)cc1. The van der Waals surface area contributed by atoms with Crippen molar-refractivity contribution in [2.75, 3.05) is 13.4 Å². The maximum absolute atomic E-state index is 11.8. The molecule has 0 unspecified atom stereocenters. The topological polar surface area (TPSA) is 44.5 Å². The molecule has 0 aliphatic heterocycles. The van der Waals surface area contributed by atoms with Crippen LogP contribution in [-0.4, -0.2) is 19.6 Å². The van der Waals surface area contributed by atoms with Crippen LogP contribution in [0.2, 0.25) is 0 Å². The van der Waals surface area contributed by atoms with Gasteiger partial charge in [0.1, 0.15) is 12.4 Å². The van der Waals surface area contributed by atoms with Crippen LogP contribution < -0.4 is 10.5 Å². The first kappa shape index (κ1) is 14.8. The molecular weight excluding hydrogens is 247 g/mol. The van der Waals surface area contributed by atoms with E-state index in [0.29, 0.717) is 5.75 Å². The highest BCUT2D eigenvalue weighted by Gasteiger charge is 2.27. The van der Waals surface area contributed by atoms with Crippen molar-refractivity contribution < 1.29 is 22.6 Å². The molecule has 18 heavy (non-hydrogen) atoms. The van der Waals surface area contributed by atoms with Gasteiger partial charge in [-0.25, -0.2) is 0 Å². The Balaban J connectivity index is 2.35. The Labute approximate surface area is 104 Å². The Hall–Kier alpha value is -1.27. The first-order valence-corrected chi connectivity index (χ1v) is 5.55. The fourth-order valence-electron chi connectivity index (χ4n) is 1.31. The Bertz CT molecular complexity index is 351. The Kier molecular flexibility index (Phi) is 5.43. The van der Waals surface area contributed by atoms with Crippen molar-refractivity contribution in [1.82, 2.24) is 0 Å². The molecular formula is C12H16F3NO2. The molecule has 1 aromatic rings. The summed E-state index contributed by atoms with van der Waals surface area (Å²) < 4.78 is 44.6. The van der Waals surface area contributed by atoms with E-state index in [-0.39, 0.29) is 6.04 Å². The maximum Gasteiger partial charge on any atom is 0.411 e. The molecule has 6 heteroatoms. The molecule has 0 amide bonds. The van der Waals surface area contributed by atoms with Gasteiger partial charge in [-0.15, -0.1) is 0 Å². The van der Waals surface area contributed by atoms with E-state index >= 15 is 0 Å². The third-order valence-corrected chi connectivity index (χ3v) is 2.32. The summed E-state index contributed by atoms with van der Waals surface area (Å²) in [5, 5.41) is 0. The predicted octanol–water partition coefficient (Wildman–Crippen LogP) is 3.01. The van der Waals surface area contributed by atoms with Crippen LogP contribution in [0, 0.1) is 0 Å². The van der Waals surface area contributed by atoms with Gasteiger partial charge >= 0.3 is 6.18 Å². The Morgan fingerprint density at radius 3 is 2.33 bits per heavy atom. The van der Waals surface area contributed by atoms with Crippen LogP contribution in [0.15, 0.2) is 24.3 Å². The summed E-state index contributed by atoms with van der Waals surface area (Å²) in [4.78, 5) is 0. The van der Waals surface area contributed by atoms with Gasteiger partial charge in [-0.3, -0.25) is 0 Å². The fourth-order valence-corrected chi connectivity index (χ4v) is 1.31. The van der Waals surface area contributed by atoms with Crippen molar-refractivity contribution in [2.45, 2.75) is 25.6 Å². The molecule has 1 aromatic carbocycles. The second kappa shape index (κ2) is 6.61. The van der Waals surface area contributed by atoms with Crippen molar-refractivity contribution in [2.24, 2.45) is 5.73 Å². The van der Waals surface area contributed by atoms with Crippen LogP contribution >= 0.6 is 0 Å². The van der Waals surface area contributed by atoms with Gasteiger partial charge in [-0.2, -0.15) is 13.2 Å². The van der Waals surface area contributed by atoms with Crippen molar-refractivity contribution >= 4 is 0 Å². The number of hydrogen-bond acceptors (Lipinski definition) is 3. The van der Waals surface area contributed by atoms with Crippen molar-refractivity contribution in [3.63, 3.8) is 0 Å². The van der Waals surface area contributed by atoms with E-state index in [1.54, 1.807) is 24.3 Å². The standard InChI is InChI=1S/C12H16F3NO2/c1-2-11(16)9-3-5-10(6-4-9)18-8-17-7-12(13,14)15/h3-6,11H,2,7-8,16H2,1H3/t11-/m0/s1. The van der Waals surface area contributed by atoms with Crippen LogP contribution in [0.1, 0.15) is 24.9 Å². The van der Waals surface area contributed by atoms with Crippen molar-refractivity contribution in [3.05, 3.63) is 29.8 Å². The Morgan fingerprint density at radius 2 is 1.83 bits per heavy atom. The van der Waals surface area contributed by atoms with E-state index in [0.717, 1.165) is 12.0 Å². The van der Waals surface area contributed by atoms with Gasteiger partial charge in [0.15, 0.2) is 6.79 Å². The summed E-state index contributed by atoms with van der Waals surface area (Å²) in [6.45, 7) is 0.227. The van der Waals surface area contributed by atoms with Crippen LogP contribution in [0.4, 0.5) is 13.2 Å². The van der Waals surface area contributed by atoms with Gasteiger partial charge in [-0.1, -0.05) is 19.1 Å². The number of hydrogen-bond donors (Lipinski definition) is 1. The molecule has 0 bridgehead atoms. The van der Waals surface area contributed by atoms with Gasteiger partial charge in [0.05, 0.1) is 0 Å². The number of benzene rings is 1. The minimum atomic E-state index is -4.33. The van der Waals surface area contributed by atoms with Crippen LogP contribution in [-0.2, 0) is 4.74 Å². The highest BCUT2D eigenvalue weighted by Crippen LogP contribution is 2.19. The van der Waals surface area contributed by atoms with Crippen LogP contribution in [0.5, 0.6) is 5.75 Å². The molecule has 2 N–H and O–H groups in total. The van der Waals surface area contributed by atoms with Crippen molar-refractivity contribution in [3.8, 4) is 5.75 Å². The number of nitrogens with two attached hydrogens (primary N) is 1. The molecule has 0 spiro atoms. The Morgan fingerprint density at radius 1 is 1.22 bits per heavy atom. The number of halogens is 3. The van der Waals surface area contributed by atoms with Gasteiger partial charge < -0.3 is 15.2 Å². The zero-order valence-corrected chi connectivity index (χ0v) is 10.0. The second-order valence-corrected chi connectivity index (χ2v) is 3.81. The lowest BCUT2D eigenvalue weighted by molar-refractivity contribution is -0.186. The van der Waals surface area contributed by atoms with Gasteiger partial charge in [0.2, 0.25) is 0 Å². The summed E-state index contributed by atoms with van der Waals surface area (Å²) >= 11 is 0. The minimum Gasteiger partial charge on any atom is -0.468 e. The third-order valence-electron chi connectivity index (χ3n) is 2.32. The second-order valence-electron chi connectivity index (χ2n) is 3.81. The first-order chi connectivity index (χ1) is 8.42. The zero-order valence-electron chi connectivity index (χ0n) is 10.0. The molecule has 0 fully saturated rings. The van der Waals surface area contributed by atoms with E-state index < -0.39 is 19.6 Å². The molecule has 1 atom stereocenters. The minimum absolute atomic E-state index is 0.0412. The van der Waals surface area contributed by atoms with E-state index in [1.165, 1.54) is 0 Å². The largest absolute Gasteiger partial charge is 0.468 e. The molecule has 0 aromatic heterocycles. The summed E-state index contributed by atoms with van der Waals surface area (Å²) in [6, 6.07) is 6.84. The summed E-state index contributed by atoms with van der Waals surface area (Å²) in [7, 11) is 0. The summed E-state index contributed by atoms with van der Waals surface area (Å²) in [5.41, 5.74) is 6.78. The normalized spacial score (nSPS) is 13.4. The smallest absolute Gasteiger partial charge is 0.411 e. The third kappa shape index (κ3) is 5.37. The van der Waals surface area contributed by atoms with E-state index in [1.807, 2.05) is 6.92 Å². The van der Waals surface area contributed by atoms with Crippen molar-refractivity contribution in [1.29, 1.82) is 0 Å². The molecule has 0 aliphatic rings. The lowest BCUT2D eigenvalue weighted by atomic mass is 10.1. The van der Waals surface area contributed by atoms with E-state index in [2.05, 4.69) is 4.74 Å². The van der Waals surface area contributed by atoms with E-state index in [4.69, 9.17) is 10.5 Å². The fraction of sp³-hybridized carbons (Fsp3) is 0.500. The quantitative estimate of drug-likeness (QED) is 0.634. The van der Waals surface area contributed by atoms with Gasteiger partial charge in [0.25, 0.3) is 0 Å². The zero-order chi connectivity index (χ0) is 13.6. The van der Waals surface area contributed by atoms with Gasteiger partial charge in [-0.05, 0) is 24.1 Å². The molecule has 0 aliphatic carbocycles.